The van der Waals surface area contributed by atoms with Crippen molar-refractivity contribution >= 4 is 11.8 Å². The predicted molar refractivity (Wildman–Crippen MR) is 46.1 cm³/mol. The zero-order valence-corrected chi connectivity index (χ0v) is 6.45. The second-order valence-corrected chi connectivity index (χ2v) is 2.99. The van der Waals surface area contributed by atoms with Crippen molar-refractivity contribution in [2.75, 3.05) is 5.75 Å². The van der Waals surface area contributed by atoms with Crippen molar-refractivity contribution in [3.8, 4) is 0 Å². The van der Waals surface area contributed by atoms with Crippen LogP contribution < -0.4 is 11.5 Å². The number of thioether (sulfide) groups is 1. The maximum absolute atomic E-state index is 5.58. The fourth-order valence-electron chi connectivity index (χ4n) is 0.652. The van der Waals surface area contributed by atoms with Crippen LogP contribution in [0.25, 0.3) is 0 Å². The molecule has 10 heavy (non-hydrogen) atoms. The van der Waals surface area contributed by atoms with Crippen LogP contribution in [0.4, 0.5) is 0 Å². The summed E-state index contributed by atoms with van der Waals surface area (Å²) in [5, 5.41) is 1.87. The van der Waals surface area contributed by atoms with Crippen LogP contribution in [-0.2, 0) is 0 Å². The Labute approximate surface area is 64.7 Å². The van der Waals surface area contributed by atoms with Gasteiger partial charge in [-0.25, -0.2) is 0 Å². The molecular formula is C7H10N2S. The van der Waals surface area contributed by atoms with Crippen molar-refractivity contribution in [2.45, 2.75) is 0 Å². The Morgan fingerprint density at radius 3 is 2.90 bits per heavy atom. The lowest BCUT2D eigenvalue weighted by Crippen LogP contribution is -2.00. The minimum absolute atomic E-state index is 0.713. The smallest absolute Gasteiger partial charge is 0.0446 e. The van der Waals surface area contributed by atoms with E-state index in [1.165, 1.54) is 0 Å². The number of nitrogens with two attached hydrogens (primary N) is 2. The minimum Gasteiger partial charge on any atom is -0.401 e. The van der Waals surface area contributed by atoms with E-state index in [1.54, 1.807) is 11.8 Å². The summed E-state index contributed by atoms with van der Waals surface area (Å²) < 4.78 is 0. The average molecular weight is 154 g/mol. The molecule has 0 unspecified atom stereocenters. The van der Waals surface area contributed by atoms with Crippen molar-refractivity contribution < 1.29 is 0 Å². The number of hydrogen-bond donors (Lipinski definition) is 2. The lowest BCUT2D eigenvalue weighted by molar-refractivity contribution is 1.30. The summed E-state index contributed by atoms with van der Waals surface area (Å²) in [6.07, 6.45) is 1.81. The molecule has 2 nitrogen and oxygen atoms in total. The van der Waals surface area contributed by atoms with Gasteiger partial charge in [-0.05, 0) is 17.1 Å². The van der Waals surface area contributed by atoms with Crippen LogP contribution in [-0.4, -0.2) is 5.75 Å². The van der Waals surface area contributed by atoms with Crippen molar-refractivity contribution in [3.05, 3.63) is 35.0 Å². The maximum atomic E-state index is 5.58. The van der Waals surface area contributed by atoms with Crippen LogP contribution in [0.3, 0.4) is 0 Å². The Bertz CT molecular complexity index is 216. The zero-order valence-electron chi connectivity index (χ0n) is 5.63. The van der Waals surface area contributed by atoms with Gasteiger partial charge in [-0.1, -0.05) is 6.58 Å². The molecule has 0 radical (unpaired) electrons. The third-order valence-corrected chi connectivity index (χ3v) is 2.11. The standard InChI is InChI=1S/C7H10N2S/c1-5-2-6(8)3-10-4-7(5)9/h2,4H,1,3,8-9H2. The van der Waals surface area contributed by atoms with E-state index in [1.807, 2.05) is 11.5 Å². The fourth-order valence-corrected chi connectivity index (χ4v) is 1.34. The molecule has 0 aliphatic carbocycles. The summed E-state index contributed by atoms with van der Waals surface area (Å²) in [6, 6.07) is 0. The van der Waals surface area contributed by atoms with Gasteiger partial charge in [0.2, 0.25) is 0 Å². The van der Waals surface area contributed by atoms with Crippen LogP contribution in [0.5, 0.6) is 0 Å². The molecule has 4 N–H and O–H groups in total. The third-order valence-electron chi connectivity index (χ3n) is 1.19. The molecule has 1 aliphatic rings. The Morgan fingerprint density at radius 1 is 1.50 bits per heavy atom. The molecule has 1 heterocycles. The molecule has 0 atom stereocenters. The summed E-state index contributed by atoms with van der Waals surface area (Å²) in [5.74, 6) is 0.805. The second kappa shape index (κ2) is 2.84. The molecule has 0 aromatic rings. The fraction of sp³-hybridized carbons (Fsp3) is 0.143. The first-order chi connectivity index (χ1) is 4.70. The summed E-state index contributed by atoms with van der Waals surface area (Å²) in [6.45, 7) is 3.74. The normalized spacial score (nSPS) is 19.4. The monoisotopic (exact) mass is 154 g/mol. The van der Waals surface area contributed by atoms with E-state index in [0.717, 1.165) is 17.0 Å². The highest BCUT2D eigenvalue weighted by Gasteiger charge is 2.00. The predicted octanol–water partition coefficient (Wildman–Crippen LogP) is 0.932. The average Bonchev–Trinajstić information content (AvgIpc) is 1.96. The molecule has 0 saturated heterocycles. The van der Waals surface area contributed by atoms with E-state index >= 15 is 0 Å². The molecular weight excluding hydrogens is 144 g/mol. The van der Waals surface area contributed by atoms with Crippen LogP contribution in [0.15, 0.2) is 35.0 Å². The van der Waals surface area contributed by atoms with Crippen molar-refractivity contribution in [1.82, 2.24) is 0 Å². The minimum atomic E-state index is 0.713. The first-order valence-electron chi connectivity index (χ1n) is 2.92. The first-order valence-corrected chi connectivity index (χ1v) is 3.97. The Kier molecular flexibility index (Phi) is 2.06. The molecule has 0 bridgehead atoms. The van der Waals surface area contributed by atoms with E-state index in [4.69, 9.17) is 11.5 Å². The lowest BCUT2D eigenvalue weighted by Gasteiger charge is -1.95. The third kappa shape index (κ3) is 1.57. The highest BCUT2D eigenvalue weighted by molar-refractivity contribution is 8.02. The molecule has 0 fully saturated rings. The Hall–Kier alpha value is -0.830. The summed E-state index contributed by atoms with van der Waals surface area (Å²) in [5.41, 5.74) is 13.5. The molecule has 0 amide bonds. The van der Waals surface area contributed by atoms with E-state index < -0.39 is 0 Å². The van der Waals surface area contributed by atoms with Gasteiger partial charge in [0.05, 0.1) is 0 Å². The van der Waals surface area contributed by atoms with Gasteiger partial charge in [0.1, 0.15) is 0 Å². The van der Waals surface area contributed by atoms with Crippen molar-refractivity contribution in [3.63, 3.8) is 0 Å². The van der Waals surface area contributed by atoms with Crippen LogP contribution in [0, 0.1) is 0 Å². The highest BCUT2D eigenvalue weighted by atomic mass is 32.2. The largest absolute Gasteiger partial charge is 0.401 e. The van der Waals surface area contributed by atoms with Crippen LogP contribution >= 0.6 is 11.8 Å². The van der Waals surface area contributed by atoms with Crippen LogP contribution in [0.2, 0.25) is 0 Å². The quantitative estimate of drug-likeness (QED) is 0.546. The topological polar surface area (TPSA) is 52.0 Å². The number of rotatable bonds is 0. The second-order valence-electron chi connectivity index (χ2n) is 2.13. The van der Waals surface area contributed by atoms with Gasteiger partial charge in [0, 0.05) is 17.1 Å². The van der Waals surface area contributed by atoms with Gasteiger partial charge in [-0.15, -0.1) is 11.8 Å². The molecule has 0 aromatic carbocycles. The van der Waals surface area contributed by atoms with Crippen molar-refractivity contribution in [1.29, 1.82) is 0 Å². The Morgan fingerprint density at radius 2 is 2.20 bits per heavy atom. The van der Waals surface area contributed by atoms with Gasteiger partial charge in [-0.2, -0.15) is 0 Å². The summed E-state index contributed by atoms with van der Waals surface area (Å²) in [7, 11) is 0. The first kappa shape index (κ1) is 7.28. The van der Waals surface area contributed by atoms with Gasteiger partial charge < -0.3 is 11.5 Å². The number of allylic oxidation sites excluding steroid dienone is 1. The molecule has 0 spiro atoms. The van der Waals surface area contributed by atoms with E-state index in [9.17, 15) is 0 Å². The molecule has 3 heteroatoms. The highest BCUT2D eigenvalue weighted by Crippen LogP contribution is 2.17. The van der Waals surface area contributed by atoms with Crippen molar-refractivity contribution in [2.24, 2.45) is 11.5 Å². The molecule has 0 aromatic heterocycles. The molecule has 0 saturated carbocycles. The van der Waals surface area contributed by atoms with E-state index in [-0.39, 0.29) is 0 Å². The number of hydrogen-bond acceptors (Lipinski definition) is 3. The SMILES string of the molecule is C=C1C=C(N)CSC=C1N. The van der Waals surface area contributed by atoms with Gasteiger partial charge in [0.25, 0.3) is 0 Å². The lowest BCUT2D eigenvalue weighted by atomic mass is 10.2. The van der Waals surface area contributed by atoms with E-state index in [0.29, 0.717) is 5.70 Å². The van der Waals surface area contributed by atoms with Gasteiger partial charge in [-0.3, -0.25) is 0 Å². The van der Waals surface area contributed by atoms with Gasteiger partial charge in [0.15, 0.2) is 0 Å². The summed E-state index contributed by atoms with van der Waals surface area (Å²) >= 11 is 1.59. The van der Waals surface area contributed by atoms with E-state index in [2.05, 4.69) is 6.58 Å². The summed E-state index contributed by atoms with van der Waals surface area (Å²) in [4.78, 5) is 0. The molecule has 1 rings (SSSR count). The molecule has 1 aliphatic heterocycles. The maximum Gasteiger partial charge on any atom is 0.0446 e. The zero-order chi connectivity index (χ0) is 7.56. The Balaban J connectivity index is 2.85. The van der Waals surface area contributed by atoms with Gasteiger partial charge >= 0.3 is 0 Å². The molecule has 54 valence electrons. The van der Waals surface area contributed by atoms with Crippen LogP contribution in [0.1, 0.15) is 0 Å².